The van der Waals surface area contributed by atoms with Gasteiger partial charge in [-0.05, 0) is 25.5 Å². The van der Waals surface area contributed by atoms with E-state index in [-0.39, 0.29) is 11.7 Å². The number of carbonyl (C=O) groups excluding carboxylic acids is 1. The summed E-state index contributed by atoms with van der Waals surface area (Å²) in [6.45, 7) is 5.63. The Balaban J connectivity index is 2.43. The second-order valence-electron chi connectivity index (χ2n) is 3.76. The second kappa shape index (κ2) is 3.45. The molecule has 0 bridgehead atoms. The van der Waals surface area contributed by atoms with Gasteiger partial charge in [-0.1, -0.05) is 18.2 Å². The minimum atomic E-state index is 0.0890. The van der Waals surface area contributed by atoms with E-state index in [1.54, 1.807) is 6.92 Å². The van der Waals surface area contributed by atoms with Crippen LogP contribution >= 0.6 is 0 Å². The summed E-state index contributed by atoms with van der Waals surface area (Å²) in [4.78, 5) is 13.7. The van der Waals surface area contributed by atoms with Gasteiger partial charge in [0.2, 0.25) is 0 Å². The smallest absolute Gasteiger partial charge is 0.139 e. The lowest BCUT2D eigenvalue weighted by Crippen LogP contribution is -2.23. The summed E-state index contributed by atoms with van der Waals surface area (Å²) >= 11 is 0. The molecule has 1 atom stereocenters. The number of para-hydroxylation sites is 1. The maximum Gasteiger partial charge on any atom is 0.139 e. The fourth-order valence-corrected chi connectivity index (χ4v) is 2.13. The van der Waals surface area contributed by atoms with Gasteiger partial charge in [-0.3, -0.25) is 4.79 Å². The van der Waals surface area contributed by atoms with Crippen molar-refractivity contribution in [3.63, 3.8) is 0 Å². The Morgan fingerprint density at radius 3 is 2.86 bits per heavy atom. The molecule has 0 aromatic heterocycles. The summed E-state index contributed by atoms with van der Waals surface area (Å²) in [6.07, 6.45) is 0. The Morgan fingerprint density at radius 1 is 1.50 bits per heavy atom. The third kappa shape index (κ3) is 1.31. The van der Waals surface area contributed by atoms with Crippen molar-refractivity contribution in [2.24, 2.45) is 0 Å². The first kappa shape index (κ1) is 9.25. The van der Waals surface area contributed by atoms with Crippen molar-refractivity contribution in [2.75, 3.05) is 18.0 Å². The van der Waals surface area contributed by atoms with Gasteiger partial charge in [0.25, 0.3) is 0 Å². The van der Waals surface area contributed by atoms with Crippen molar-refractivity contribution in [3.05, 3.63) is 29.8 Å². The number of carbonyl (C=O) groups is 1. The van der Waals surface area contributed by atoms with Gasteiger partial charge in [-0.2, -0.15) is 0 Å². The van der Waals surface area contributed by atoms with Gasteiger partial charge in [-0.25, -0.2) is 0 Å². The Bertz CT molecular complexity index is 359. The van der Waals surface area contributed by atoms with Gasteiger partial charge in [0, 0.05) is 18.8 Å². The predicted octanol–water partition coefficient (Wildman–Crippen LogP) is 2.20. The van der Waals surface area contributed by atoms with Crippen LogP contribution in [-0.2, 0) is 4.79 Å². The first-order valence-corrected chi connectivity index (χ1v) is 5.08. The Kier molecular flexibility index (Phi) is 2.28. The van der Waals surface area contributed by atoms with E-state index in [1.807, 2.05) is 12.1 Å². The lowest BCUT2D eigenvalue weighted by molar-refractivity contribution is -0.118. The highest BCUT2D eigenvalue weighted by molar-refractivity contribution is 5.88. The minimum Gasteiger partial charge on any atom is -0.371 e. The van der Waals surface area contributed by atoms with E-state index < -0.39 is 0 Å². The molecule has 74 valence electrons. The first-order chi connectivity index (χ1) is 6.74. The fraction of sp³-hybridized carbons (Fsp3) is 0.417. The molecular formula is C12H15NO. The van der Waals surface area contributed by atoms with Crippen LogP contribution < -0.4 is 4.90 Å². The number of hydrogen-bond acceptors (Lipinski definition) is 2. The van der Waals surface area contributed by atoms with Crippen LogP contribution in [0.15, 0.2) is 24.3 Å². The summed E-state index contributed by atoms with van der Waals surface area (Å²) in [5.74, 6) is 0.361. The van der Waals surface area contributed by atoms with Gasteiger partial charge >= 0.3 is 0 Å². The van der Waals surface area contributed by atoms with Crippen LogP contribution in [0.2, 0.25) is 0 Å². The van der Waals surface area contributed by atoms with Crippen LogP contribution in [0.3, 0.4) is 0 Å². The average Bonchev–Trinajstić information content (AvgIpc) is 2.56. The summed E-state index contributed by atoms with van der Waals surface area (Å²) in [5, 5.41) is 0. The molecule has 1 aromatic rings. The van der Waals surface area contributed by atoms with Gasteiger partial charge in [-0.15, -0.1) is 0 Å². The normalized spacial score (nSPS) is 19.6. The molecule has 2 rings (SSSR count). The van der Waals surface area contributed by atoms with E-state index in [0.717, 1.165) is 13.1 Å². The van der Waals surface area contributed by atoms with Gasteiger partial charge < -0.3 is 4.90 Å². The maximum atomic E-state index is 11.4. The van der Waals surface area contributed by atoms with Crippen molar-refractivity contribution >= 4 is 11.5 Å². The largest absolute Gasteiger partial charge is 0.371 e. The zero-order chi connectivity index (χ0) is 10.1. The Labute approximate surface area is 84.5 Å². The highest BCUT2D eigenvalue weighted by Crippen LogP contribution is 2.35. The number of benzene rings is 1. The van der Waals surface area contributed by atoms with E-state index in [2.05, 4.69) is 24.0 Å². The molecule has 0 spiro atoms. The van der Waals surface area contributed by atoms with E-state index in [4.69, 9.17) is 0 Å². The van der Waals surface area contributed by atoms with Crippen LogP contribution in [0.5, 0.6) is 0 Å². The molecule has 0 saturated carbocycles. The minimum absolute atomic E-state index is 0.0890. The molecule has 0 saturated heterocycles. The predicted molar refractivity (Wildman–Crippen MR) is 57.8 cm³/mol. The first-order valence-electron chi connectivity index (χ1n) is 5.08. The van der Waals surface area contributed by atoms with Crippen LogP contribution in [0.1, 0.15) is 25.3 Å². The summed E-state index contributed by atoms with van der Waals surface area (Å²) in [5.41, 5.74) is 2.43. The van der Waals surface area contributed by atoms with Crippen LogP contribution in [0, 0.1) is 0 Å². The zero-order valence-corrected chi connectivity index (χ0v) is 8.66. The molecule has 0 radical (unpaired) electrons. The number of fused-ring (bicyclic) bond motifs is 1. The van der Waals surface area contributed by atoms with Gasteiger partial charge in [0.15, 0.2) is 0 Å². The monoisotopic (exact) mass is 189 g/mol. The zero-order valence-electron chi connectivity index (χ0n) is 8.66. The summed E-state index contributed by atoms with van der Waals surface area (Å²) in [7, 11) is 0. The highest BCUT2D eigenvalue weighted by Gasteiger charge is 2.29. The quantitative estimate of drug-likeness (QED) is 0.710. The number of anilines is 1. The van der Waals surface area contributed by atoms with Crippen molar-refractivity contribution in [3.8, 4) is 0 Å². The SMILES string of the molecule is CCN1CC(C(C)=O)c2ccccc21. The molecule has 1 heterocycles. The molecule has 2 heteroatoms. The van der Waals surface area contributed by atoms with E-state index >= 15 is 0 Å². The molecule has 2 nitrogen and oxygen atoms in total. The van der Waals surface area contributed by atoms with E-state index in [1.165, 1.54) is 11.3 Å². The molecule has 0 aliphatic carbocycles. The molecule has 1 unspecified atom stereocenters. The second-order valence-corrected chi connectivity index (χ2v) is 3.76. The van der Waals surface area contributed by atoms with Crippen LogP contribution in [0.4, 0.5) is 5.69 Å². The van der Waals surface area contributed by atoms with E-state index in [0.29, 0.717) is 0 Å². The number of nitrogens with zero attached hydrogens (tertiary/aromatic N) is 1. The molecule has 0 N–H and O–H groups in total. The lowest BCUT2D eigenvalue weighted by Gasteiger charge is -2.16. The number of rotatable bonds is 2. The standard InChI is InChI=1S/C12H15NO/c1-3-13-8-11(9(2)14)10-6-4-5-7-12(10)13/h4-7,11H,3,8H2,1-2H3. The van der Waals surface area contributed by atoms with Crippen LogP contribution in [-0.4, -0.2) is 18.9 Å². The van der Waals surface area contributed by atoms with Crippen molar-refractivity contribution in [1.82, 2.24) is 0 Å². The third-order valence-electron chi connectivity index (χ3n) is 2.93. The summed E-state index contributed by atoms with van der Waals surface area (Å²) in [6, 6.07) is 8.21. The van der Waals surface area contributed by atoms with Gasteiger partial charge in [0.05, 0.1) is 5.92 Å². The number of Topliss-reactive ketones (excluding diaryl/α,β-unsaturated/α-hetero) is 1. The third-order valence-corrected chi connectivity index (χ3v) is 2.93. The maximum absolute atomic E-state index is 11.4. The number of hydrogen-bond donors (Lipinski definition) is 0. The highest BCUT2D eigenvalue weighted by atomic mass is 16.1. The Hall–Kier alpha value is -1.31. The molecular weight excluding hydrogens is 174 g/mol. The average molecular weight is 189 g/mol. The van der Waals surface area contributed by atoms with Gasteiger partial charge in [0.1, 0.15) is 5.78 Å². The summed E-state index contributed by atoms with van der Waals surface area (Å²) < 4.78 is 0. The van der Waals surface area contributed by atoms with Crippen molar-refractivity contribution in [2.45, 2.75) is 19.8 Å². The molecule has 0 fully saturated rings. The molecule has 0 amide bonds. The van der Waals surface area contributed by atoms with Crippen LogP contribution in [0.25, 0.3) is 0 Å². The molecule has 1 aromatic carbocycles. The van der Waals surface area contributed by atoms with E-state index in [9.17, 15) is 4.79 Å². The Morgan fingerprint density at radius 2 is 2.21 bits per heavy atom. The van der Waals surface area contributed by atoms with Crippen molar-refractivity contribution < 1.29 is 4.79 Å². The molecule has 1 aliphatic heterocycles. The molecule has 1 aliphatic rings. The number of likely N-dealkylation sites (N-methyl/N-ethyl adjacent to an activating group) is 1. The van der Waals surface area contributed by atoms with Crippen molar-refractivity contribution in [1.29, 1.82) is 0 Å². The topological polar surface area (TPSA) is 20.3 Å². The fourth-order valence-electron chi connectivity index (χ4n) is 2.13. The lowest BCUT2D eigenvalue weighted by atomic mass is 9.98. The number of ketones is 1. The molecule has 14 heavy (non-hydrogen) atoms.